The van der Waals surface area contributed by atoms with Gasteiger partial charge in [0.15, 0.2) is 12.4 Å². The third-order valence-electron chi connectivity index (χ3n) is 3.57. The summed E-state index contributed by atoms with van der Waals surface area (Å²) in [5.41, 5.74) is -0.132. The van der Waals surface area contributed by atoms with Crippen LogP contribution in [0.3, 0.4) is 0 Å². The van der Waals surface area contributed by atoms with Crippen molar-refractivity contribution >= 4 is 50.9 Å². The number of carbonyl (C=O) groups is 2. The van der Waals surface area contributed by atoms with Crippen LogP contribution in [0.25, 0.3) is 5.69 Å². The van der Waals surface area contributed by atoms with Crippen LogP contribution >= 0.6 is 39.1 Å². The number of aliphatic carboxylic acids is 1. The number of ketones is 1. The van der Waals surface area contributed by atoms with E-state index in [1.807, 2.05) is 0 Å². The number of carboxylic acid groups (broad SMARTS) is 1. The molecule has 0 unspecified atom stereocenters. The minimum atomic E-state index is -1.17. The molecule has 0 radical (unpaired) electrons. The first kappa shape index (κ1) is 20.1. The lowest BCUT2D eigenvalue weighted by Crippen LogP contribution is -2.12. The van der Waals surface area contributed by atoms with Gasteiger partial charge in [-0.1, -0.05) is 39.1 Å². The SMILES string of the molecule is O=C(O)COc1ccc(Br)cc1C(=O)c1cnn(-c2c(Cl)c[nH]c(=O)c2Cl)c1. The van der Waals surface area contributed by atoms with Gasteiger partial charge >= 0.3 is 5.97 Å². The van der Waals surface area contributed by atoms with Crippen molar-refractivity contribution in [3.63, 3.8) is 0 Å². The number of halogens is 3. The van der Waals surface area contributed by atoms with Crippen molar-refractivity contribution in [1.82, 2.24) is 14.8 Å². The summed E-state index contributed by atoms with van der Waals surface area (Å²) in [6.07, 6.45) is 3.90. The Labute approximate surface area is 175 Å². The largest absolute Gasteiger partial charge is 0.481 e. The van der Waals surface area contributed by atoms with Gasteiger partial charge in [-0.05, 0) is 18.2 Å². The fourth-order valence-electron chi connectivity index (χ4n) is 2.35. The van der Waals surface area contributed by atoms with E-state index in [1.54, 1.807) is 6.07 Å². The van der Waals surface area contributed by atoms with Crippen LogP contribution in [0.2, 0.25) is 10.0 Å². The van der Waals surface area contributed by atoms with E-state index in [2.05, 4.69) is 26.0 Å². The van der Waals surface area contributed by atoms with E-state index in [-0.39, 0.29) is 32.6 Å². The Morgan fingerprint density at radius 3 is 2.79 bits per heavy atom. The van der Waals surface area contributed by atoms with Crippen LogP contribution in [0.15, 0.2) is 46.1 Å². The molecule has 0 saturated heterocycles. The van der Waals surface area contributed by atoms with Gasteiger partial charge in [-0.25, -0.2) is 9.48 Å². The number of hydrogen-bond donors (Lipinski definition) is 2. The first-order chi connectivity index (χ1) is 13.3. The van der Waals surface area contributed by atoms with Gasteiger partial charge in [0.1, 0.15) is 16.5 Å². The number of aromatic amines is 1. The highest BCUT2D eigenvalue weighted by Gasteiger charge is 2.20. The molecular weight excluding hydrogens is 477 g/mol. The van der Waals surface area contributed by atoms with E-state index >= 15 is 0 Å². The topological polar surface area (TPSA) is 114 Å². The van der Waals surface area contributed by atoms with Crippen molar-refractivity contribution < 1.29 is 19.4 Å². The van der Waals surface area contributed by atoms with E-state index in [0.717, 1.165) is 0 Å². The van der Waals surface area contributed by atoms with E-state index in [0.29, 0.717) is 4.47 Å². The zero-order valence-corrected chi connectivity index (χ0v) is 16.9. The van der Waals surface area contributed by atoms with Crippen LogP contribution < -0.4 is 10.3 Å². The second-order valence-corrected chi connectivity index (χ2v) is 7.15. The van der Waals surface area contributed by atoms with Crippen LogP contribution in [0, 0.1) is 0 Å². The summed E-state index contributed by atoms with van der Waals surface area (Å²) < 4.78 is 7.00. The van der Waals surface area contributed by atoms with E-state index in [1.165, 1.54) is 35.4 Å². The van der Waals surface area contributed by atoms with Crippen LogP contribution in [0.5, 0.6) is 5.75 Å². The van der Waals surface area contributed by atoms with Gasteiger partial charge in [-0.3, -0.25) is 9.59 Å². The highest BCUT2D eigenvalue weighted by atomic mass is 79.9. The summed E-state index contributed by atoms with van der Waals surface area (Å²) in [6.45, 7) is -0.598. The predicted octanol–water partition coefficient (Wildman–Crippen LogP) is 3.32. The van der Waals surface area contributed by atoms with Gasteiger partial charge in [-0.15, -0.1) is 0 Å². The molecule has 0 bridgehead atoms. The minimum absolute atomic E-state index is 0.107. The maximum Gasteiger partial charge on any atom is 0.341 e. The maximum atomic E-state index is 12.9. The molecule has 0 saturated carbocycles. The van der Waals surface area contributed by atoms with Crippen molar-refractivity contribution in [3.05, 3.63) is 72.8 Å². The third-order valence-corrected chi connectivity index (χ3v) is 4.71. The fraction of sp³-hybridized carbons (Fsp3) is 0.0588. The maximum absolute atomic E-state index is 12.9. The first-order valence-corrected chi connectivity index (χ1v) is 9.13. The molecular formula is C17H10BrCl2N3O5. The number of carbonyl (C=O) groups excluding carboxylic acids is 1. The molecule has 8 nitrogen and oxygen atoms in total. The molecule has 3 aromatic rings. The third kappa shape index (κ3) is 4.11. The highest BCUT2D eigenvalue weighted by Crippen LogP contribution is 2.28. The lowest BCUT2D eigenvalue weighted by Gasteiger charge is -2.09. The zero-order chi connectivity index (χ0) is 20.4. The second-order valence-electron chi connectivity index (χ2n) is 5.45. The van der Waals surface area contributed by atoms with Gasteiger partial charge < -0.3 is 14.8 Å². The summed E-state index contributed by atoms with van der Waals surface area (Å²) in [6, 6.07) is 4.60. The van der Waals surface area contributed by atoms with E-state index in [4.69, 9.17) is 33.0 Å². The van der Waals surface area contributed by atoms with Gasteiger partial charge in [0, 0.05) is 16.9 Å². The normalized spacial score (nSPS) is 10.7. The van der Waals surface area contributed by atoms with Crippen LogP contribution in [0.1, 0.15) is 15.9 Å². The molecule has 28 heavy (non-hydrogen) atoms. The first-order valence-electron chi connectivity index (χ1n) is 7.58. The number of pyridine rings is 1. The number of nitrogens with zero attached hydrogens (tertiary/aromatic N) is 2. The molecule has 3 rings (SSSR count). The van der Waals surface area contributed by atoms with Crippen LogP contribution in [-0.2, 0) is 4.79 Å². The average Bonchev–Trinajstić information content (AvgIpc) is 3.13. The fourth-order valence-corrected chi connectivity index (χ4v) is 3.23. The molecule has 1 aromatic carbocycles. The Kier molecular flexibility index (Phi) is 5.87. The number of carboxylic acids is 1. The Hall–Kier alpha value is -2.62. The number of ether oxygens (including phenoxy) is 1. The molecule has 0 aliphatic carbocycles. The number of nitrogens with one attached hydrogen (secondary N) is 1. The molecule has 0 aliphatic rings. The lowest BCUT2D eigenvalue weighted by atomic mass is 10.1. The summed E-state index contributed by atoms with van der Waals surface area (Å²) in [5.74, 6) is -1.53. The monoisotopic (exact) mass is 485 g/mol. The molecule has 11 heteroatoms. The quantitative estimate of drug-likeness (QED) is 0.516. The second kappa shape index (κ2) is 8.17. The van der Waals surface area contributed by atoms with E-state index in [9.17, 15) is 14.4 Å². The average molecular weight is 487 g/mol. The van der Waals surface area contributed by atoms with Crippen molar-refractivity contribution in [2.45, 2.75) is 0 Å². The van der Waals surface area contributed by atoms with Crippen molar-refractivity contribution in [1.29, 1.82) is 0 Å². The summed E-state index contributed by atoms with van der Waals surface area (Å²) in [5, 5.41) is 12.8. The Balaban J connectivity index is 2.00. The Morgan fingerprint density at radius 1 is 1.32 bits per heavy atom. The molecule has 2 aromatic heterocycles. The molecule has 0 atom stereocenters. The minimum Gasteiger partial charge on any atom is -0.481 e. The van der Waals surface area contributed by atoms with Crippen LogP contribution in [0.4, 0.5) is 0 Å². The lowest BCUT2D eigenvalue weighted by molar-refractivity contribution is -0.139. The molecule has 0 amide bonds. The van der Waals surface area contributed by atoms with Crippen LogP contribution in [-0.4, -0.2) is 38.2 Å². The predicted molar refractivity (Wildman–Crippen MR) is 105 cm³/mol. The smallest absolute Gasteiger partial charge is 0.341 e. The molecule has 0 aliphatic heterocycles. The molecule has 144 valence electrons. The standard InChI is InChI=1S/C17H10BrCl2N3O5/c18-9-1-2-12(28-7-13(24)25)10(3-9)16(26)8-4-22-23(6-8)15-11(19)5-21-17(27)14(15)20/h1-6H,7H2,(H,21,27)(H,24,25). The zero-order valence-electron chi connectivity index (χ0n) is 13.8. The molecule has 2 heterocycles. The van der Waals surface area contributed by atoms with Gasteiger partial charge in [0.25, 0.3) is 5.56 Å². The van der Waals surface area contributed by atoms with E-state index < -0.39 is 23.9 Å². The number of hydrogen-bond acceptors (Lipinski definition) is 5. The highest BCUT2D eigenvalue weighted by molar-refractivity contribution is 9.10. The van der Waals surface area contributed by atoms with Crippen molar-refractivity contribution in [2.75, 3.05) is 6.61 Å². The number of rotatable bonds is 6. The summed E-state index contributed by atoms with van der Waals surface area (Å²) >= 11 is 15.3. The summed E-state index contributed by atoms with van der Waals surface area (Å²) in [4.78, 5) is 37.8. The van der Waals surface area contributed by atoms with Gasteiger partial charge in [0.2, 0.25) is 0 Å². The Morgan fingerprint density at radius 2 is 2.07 bits per heavy atom. The van der Waals surface area contributed by atoms with Crippen molar-refractivity contribution in [2.24, 2.45) is 0 Å². The molecule has 0 spiro atoms. The molecule has 0 fully saturated rings. The van der Waals surface area contributed by atoms with Gasteiger partial charge in [0.05, 0.1) is 22.3 Å². The van der Waals surface area contributed by atoms with Gasteiger partial charge in [-0.2, -0.15) is 5.10 Å². The number of H-pyrrole nitrogens is 1. The Bertz CT molecular complexity index is 1140. The number of aromatic nitrogens is 3. The summed E-state index contributed by atoms with van der Waals surface area (Å²) in [7, 11) is 0. The number of benzene rings is 1. The van der Waals surface area contributed by atoms with Crippen molar-refractivity contribution in [3.8, 4) is 11.4 Å². The molecule has 2 N–H and O–H groups in total.